The Kier molecular flexibility index (Phi) is 9.17. The minimum Gasteiger partial charge on any atom is -0.453 e. The Bertz CT molecular complexity index is 4020. The van der Waals surface area contributed by atoms with E-state index in [1.165, 1.54) is 16.2 Å². The van der Waals surface area contributed by atoms with E-state index in [0.717, 1.165) is 116 Å². The van der Waals surface area contributed by atoms with Crippen LogP contribution in [0.3, 0.4) is 0 Å². The molecule has 2 aromatic heterocycles. The van der Waals surface area contributed by atoms with Crippen molar-refractivity contribution >= 4 is 110 Å². The summed E-state index contributed by atoms with van der Waals surface area (Å²) in [6.45, 7) is 0. The molecule has 0 fully saturated rings. The second kappa shape index (κ2) is 16.2. The van der Waals surface area contributed by atoms with Gasteiger partial charge in [0, 0.05) is 54.8 Å². The molecule has 0 saturated heterocycles. The Morgan fingerprint density at radius 1 is 0.243 bits per heavy atom. The van der Waals surface area contributed by atoms with Crippen molar-refractivity contribution in [3.05, 3.63) is 255 Å². The molecule has 0 spiro atoms. The Morgan fingerprint density at radius 2 is 0.571 bits per heavy atom. The third-order valence-electron chi connectivity index (χ3n) is 14.0. The maximum absolute atomic E-state index is 7.13. The van der Waals surface area contributed by atoms with E-state index in [1.807, 2.05) is 0 Å². The number of anilines is 6. The van der Waals surface area contributed by atoms with Gasteiger partial charge in [-0.1, -0.05) is 206 Å². The summed E-state index contributed by atoms with van der Waals surface area (Å²) in [6, 6.07) is 90.9. The van der Waals surface area contributed by atoms with E-state index in [9.17, 15) is 0 Å². The first-order valence-corrected chi connectivity index (χ1v) is 23.8. The van der Waals surface area contributed by atoms with Crippen molar-refractivity contribution in [2.75, 3.05) is 9.80 Å². The van der Waals surface area contributed by atoms with Gasteiger partial charge in [0.2, 0.25) is 0 Å². The van der Waals surface area contributed by atoms with Gasteiger partial charge in [0.15, 0.2) is 11.2 Å². The average molecular weight is 895 g/mol. The lowest BCUT2D eigenvalue weighted by Gasteiger charge is -2.29. The van der Waals surface area contributed by atoms with Gasteiger partial charge < -0.3 is 18.6 Å². The molecule has 4 heteroatoms. The van der Waals surface area contributed by atoms with Gasteiger partial charge in [-0.2, -0.15) is 0 Å². The third kappa shape index (κ3) is 6.24. The summed E-state index contributed by atoms with van der Waals surface area (Å²) in [5, 5.41) is 11.2. The zero-order chi connectivity index (χ0) is 46.1. The van der Waals surface area contributed by atoms with Gasteiger partial charge in [0.05, 0.1) is 22.7 Å². The number of fused-ring (bicyclic) bond motifs is 11. The van der Waals surface area contributed by atoms with Gasteiger partial charge in [-0.25, -0.2) is 0 Å². The maximum atomic E-state index is 7.13. The Balaban J connectivity index is 1.05. The average Bonchev–Trinajstić information content (AvgIpc) is 4.02. The molecule has 12 aromatic carbocycles. The zero-order valence-corrected chi connectivity index (χ0v) is 38.0. The number of nitrogens with zero attached hydrogens (tertiary/aromatic N) is 2. The van der Waals surface area contributed by atoms with Gasteiger partial charge >= 0.3 is 0 Å². The van der Waals surface area contributed by atoms with E-state index >= 15 is 0 Å². The van der Waals surface area contributed by atoms with E-state index < -0.39 is 0 Å². The molecule has 0 N–H and O–H groups in total. The van der Waals surface area contributed by atoms with Crippen molar-refractivity contribution in [1.82, 2.24) is 0 Å². The molecule has 0 radical (unpaired) electrons. The highest BCUT2D eigenvalue weighted by molar-refractivity contribution is 6.27. The molecule has 0 amide bonds. The van der Waals surface area contributed by atoms with E-state index in [0.29, 0.717) is 0 Å². The molecular weight excluding hydrogens is 853 g/mol. The molecule has 0 atom stereocenters. The van der Waals surface area contributed by atoms with E-state index in [-0.39, 0.29) is 0 Å². The predicted octanol–water partition coefficient (Wildman–Crippen LogP) is 19.2. The first kappa shape index (κ1) is 39.8. The number of hydrogen-bond acceptors (Lipinski definition) is 4. The minimum atomic E-state index is 0.831. The van der Waals surface area contributed by atoms with Crippen LogP contribution >= 0.6 is 0 Å². The van der Waals surface area contributed by atoms with Crippen molar-refractivity contribution in [3.8, 4) is 22.3 Å². The lowest BCUT2D eigenvalue weighted by atomic mass is 9.93. The van der Waals surface area contributed by atoms with Gasteiger partial charge in [-0.15, -0.1) is 0 Å². The van der Waals surface area contributed by atoms with Crippen molar-refractivity contribution < 1.29 is 8.83 Å². The molecule has 4 nitrogen and oxygen atoms in total. The molecule has 328 valence electrons. The van der Waals surface area contributed by atoms with Crippen LogP contribution in [0.15, 0.2) is 264 Å². The zero-order valence-electron chi connectivity index (χ0n) is 38.0. The Labute approximate surface area is 404 Å². The van der Waals surface area contributed by atoms with Crippen molar-refractivity contribution in [3.63, 3.8) is 0 Å². The molecule has 0 aliphatic heterocycles. The summed E-state index contributed by atoms with van der Waals surface area (Å²) in [6.07, 6.45) is 0. The van der Waals surface area contributed by atoms with Crippen LogP contribution in [0.1, 0.15) is 0 Å². The van der Waals surface area contributed by atoms with Crippen LogP contribution < -0.4 is 9.80 Å². The number of furan rings is 2. The van der Waals surface area contributed by atoms with Gasteiger partial charge in [-0.05, 0) is 81.2 Å². The summed E-state index contributed by atoms with van der Waals surface area (Å²) < 4.78 is 14.3. The third-order valence-corrected chi connectivity index (χ3v) is 14.0. The Morgan fingerprint density at radius 3 is 0.986 bits per heavy atom. The second-order valence-corrected chi connectivity index (χ2v) is 17.9. The molecule has 0 bridgehead atoms. The largest absolute Gasteiger partial charge is 0.453 e. The topological polar surface area (TPSA) is 32.8 Å². The van der Waals surface area contributed by atoms with Crippen LogP contribution in [-0.2, 0) is 0 Å². The van der Waals surface area contributed by atoms with Crippen LogP contribution in [-0.4, -0.2) is 0 Å². The highest BCUT2D eigenvalue weighted by Crippen LogP contribution is 2.51. The fourth-order valence-corrected chi connectivity index (χ4v) is 10.9. The van der Waals surface area contributed by atoms with Gasteiger partial charge in [-0.3, -0.25) is 0 Å². The molecule has 2 heterocycles. The molecule has 0 aliphatic carbocycles. The standard InChI is InChI=1S/C66H42N2O2/c1-5-21-43(22-6-1)48-33-17-35-54-56-37-19-39-58(65(56)69-63(48)54)67(46-25-9-3-10-26-46)60-41-45-42-61(51-30-14-16-32-53(51)62(45)52-31-15-13-29-50(52)60)68(47-27-11-4-12-28-47)59-40-20-38-57-55-36-18-34-49(64(55)70-66(57)59)44-23-7-2-8-24-44/h1-42H. The molecule has 0 aliphatic rings. The van der Waals surface area contributed by atoms with E-state index in [4.69, 9.17) is 8.83 Å². The van der Waals surface area contributed by atoms with Crippen LogP contribution in [0.5, 0.6) is 0 Å². The highest BCUT2D eigenvalue weighted by Gasteiger charge is 2.26. The van der Waals surface area contributed by atoms with Crippen LogP contribution in [0.4, 0.5) is 34.1 Å². The lowest BCUT2D eigenvalue weighted by Crippen LogP contribution is -2.12. The predicted molar refractivity (Wildman–Crippen MR) is 294 cm³/mol. The first-order chi connectivity index (χ1) is 34.8. The molecule has 0 unspecified atom stereocenters. The summed E-state index contributed by atoms with van der Waals surface area (Å²) >= 11 is 0. The number of rotatable bonds is 8. The Hall–Kier alpha value is -9.38. The minimum absolute atomic E-state index is 0.831. The first-order valence-electron chi connectivity index (χ1n) is 23.8. The van der Waals surface area contributed by atoms with Crippen LogP contribution in [0, 0.1) is 0 Å². The van der Waals surface area contributed by atoms with Crippen LogP contribution in [0.2, 0.25) is 0 Å². The smallest absolute Gasteiger partial charge is 0.159 e. The molecular formula is C66H42N2O2. The molecule has 14 rings (SSSR count). The summed E-state index contributed by atoms with van der Waals surface area (Å²) in [7, 11) is 0. The molecule has 0 saturated carbocycles. The highest BCUT2D eigenvalue weighted by atomic mass is 16.3. The molecule has 70 heavy (non-hydrogen) atoms. The number of benzene rings is 12. The SMILES string of the molecule is c1ccc(-c2cccc3c2oc2c(N(c4ccccc4)c4cc5cc(N(c6ccccc6)c6cccc7c6oc6c(-c8ccccc8)cccc67)c6ccccc6c5c5ccccc45)cccc23)cc1. The molecule has 14 aromatic rings. The van der Waals surface area contributed by atoms with Gasteiger partial charge in [0.25, 0.3) is 0 Å². The fraction of sp³-hybridized carbons (Fsp3) is 0. The van der Waals surface area contributed by atoms with Crippen molar-refractivity contribution in [1.29, 1.82) is 0 Å². The summed E-state index contributed by atoms with van der Waals surface area (Å²) in [5.74, 6) is 0. The van der Waals surface area contributed by atoms with Crippen LogP contribution in [0.25, 0.3) is 98.4 Å². The van der Waals surface area contributed by atoms with E-state index in [2.05, 4.69) is 265 Å². The summed E-state index contributed by atoms with van der Waals surface area (Å²) in [4.78, 5) is 4.77. The number of para-hydroxylation sites is 6. The normalized spacial score (nSPS) is 11.7. The lowest BCUT2D eigenvalue weighted by molar-refractivity contribution is 0.670. The quantitative estimate of drug-likeness (QED) is 0.142. The van der Waals surface area contributed by atoms with Crippen molar-refractivity contribution in [2.45, 2.75) is 0 Å². The van der Waals surface area contributed by atoms with Crippen molar-refractivity contribution in [2.24, 2.45) is 0 Å². The maximum Gasteiger partial charge on any atom is 0.159 e. The second-order valence-electron chi connectivity index (χ2n) is 17.9. The van der Waals surface area contributed by atoms with E-state index in [1.54, 1.807) is 0 Å². The summed E-state index contributed by atoms with van der Waals surface area (Å²) in [5.41, 5.74) is 13.9. The monoisotopic (exact) mass is 894 g/mol. The fourth-order valence-electron chi connectivity index (χ4n) is 10.9. The number of hydrogen-bond donors (Lipinski definition) is 0. The van der Waals surface area contributed by atoms with Gasteiger partial charge in [0.1, 0.15) is 11.2 Å².